The molecule has 0 bridgehead atoms. The lowest BCUT2D eigenvalue weighted by Crippen LogP contribution is -2.58. The number of amides is 6. The number of rotatable bonds is 8. The second kappa shape index (κ2) is 19.6. The molecule has 15 heteroatoms. The predicted octanol–water partition coefficient (Wildman–Crippen LogP) is 3.30. The minimum atomic E-state index is -1.23. The van der Waals surface area contributed by atoms with Crippen LogP contribution in [0.5, 0.6) is 0 Å². The highest BCUT2D eigenvalue weighted by atomic mass is 16.6. The molecular formula is C41H62N6O9. The summed E-state index contributed by atoms with van der Waals surface area (Å²) in [4.78, 5) is 97.5. The molecular weight excluding hydrogens is 720 g/mol. The van der Waals surface area contributed by atoms with Gasteiger partial charge in [-0.15, -0.1) is 0 Å². The van der Waals surface area contributed by atoms with Crippen molar-refractivity contribution in [2.24, 2.45) is 5.92 Å². The van der Waals surface area contributed by atoms with Gasteiger partial charge in [0.05, 0.1) is 24.3 Å². The van der Waals surface area contributed by atoms with Crippen LogP contribution in [0.25, 0.3) is 0 Å². The van der Waals surface area contributed by atoms with E-state index in [0.717, 1.165) is 38.5 Å². The smallest absolute Gasteiger partial charge is 0.408 e. The Morgan fingerprint density at radius 3 is 2.16 bits per heavy atom. The van der Waals surface area contributed by atoms with Crippen molar-refractivity contribution in [3.05, 3.63) is 35.9 Å². The van der Waals surface area contributed by atoms with Crippen molar-refractivity contribution in [1.82, 2.24) is 31.1 Å². The van der Waals surface area contributed by atoms with Gasteiger partial charge in [0.25, 0.3) is 5.91 Å². The normalized spacial score (nSPS) is 25.3. The summed E-state index contributed by atoms with van der Waals surface area (Å²) >= 11 is 0. The molecule has 4 N–H and O–H groups in total. The summed E-state index contributed by atoms with van der Waals surface area (Å²) in [7, 11) is 3.13. The van der Waals surface area contributed by atoms with E-state index in [0.29, 0.717) is 31.2 Å². The van der Waals surface area contributed by atoms with Crippen molar-refractivity contribution in [3.8, 4) is 0 Å². The van der Waals surface area contributed by atoms with Crippen LogP contribution in [0.4, 0.5) is 4.79 Å². The Balaban J connectivity index is 1.54. The summed E-state index contributed by atoms with van der Waals surface area (Å²) in [6.07, 6.45) is 6.54. The van der Waals surface area contributed by atoms with Gasteiger partial charge in [-0.05, 0) is 59.4 Å². The average molecular weight is 783 g/mol. The fourth-order valence-corrected chi connectivity index (χ4v) is 7.83. The first-order chi connectivity index (χ1) is 26.4. The first kappa shape index (κ1) is 44.2. The number of carbonyl (C=O) groups excluding carboxylic acids is 7. The summed E-state index contributed by atoms with van der Waals surface area (Å²) in [6, 6.07) is 4.45. The van der Waals surface area contributed by atoms with E-state index >= 15 is 0 Å². The average Bonchev–Trinajstić information content (AvgIpc) is 3.62. The number of fused-ring (bicyclic) bond motifs is 3. The molecule has 0 radical (unpaired) electrons. The number of hydrogen-bond acceptors (Lipinski definition) is 9. The monoisotopic (exact) mass is 782 g/mol. The highest BCUT2D eigenvalue weighted by molar-refractivity contribution is 6.38. The van der Waals surface area contributed by atoms with Crippen molar-refractivity contribution in [2.45, 2.75) is 147 Å². The minimum absolute atomic E-state index is 0.117. The van der Waals surface area contributed by atoms with Gasteiger partial charge in [0, 0.05) is 26.6 Å². The van der Waals surface area contributed by atoms with Crippen LogP contribution in [0.3, 0.4) is 0 Å². The molecule has 3 unspecified atom stereocenters. The lowest BCUT2D eigenvalue weighted by Gasteiger charge is -2.33. The maximum atomic E-state index is 14.4. The zero-order valence-electron chi connectivity index (χ0n) is 34.1. The Labute approximate surface area is 330 Å². The molecule has 1 aromatic rings. The highest BCUT2D eigenvalue weighted by Gasteiger charge is 2.56. The maximum Gasteiger partial charge on any atom is 0.408 e. The molecule has 310 valence electrons. The van der Waals surface area contributed by atoms with E-state index in [-0.39, 0.29) is 18.9 Å². The Bertz CT molecular complexity index is 1580. The van der Waals surface area contributed by atoms with E-state index < -0.39 is 89.4 Å². The van der Waals surface area contributed by atoms with Crippen molar-refractivity contribution in [1.29, 1.82) is 0 Å². The van der Waals surface area contributed by atoms with Crippen LogP contribution in [0, 0.1) is 5.92 Å². The van der Waals surface area contributed by atoms with Gasteiger partial charge in [-0.25, -0.2) is 4.79 Å². The van der Waals surface area contributed by atoms with Gasteiger partial charge in [-0.2, -0.15) is 0 Å². The highest BCUT2D eigenvalue weighted by Crippen LogP contribution is 2.43. The van der Waals surface area contributed by atoms with Crippen LogP contribution in [0.1, 0.15) is 117 Å². The maximum absolute atomic E-state index is 14.4. The SMILES string of the molecule is CN(C)C(=O)C(NC(=O)CNC(=O)C(=O)C1CCCCCCCCCCC(NC(=O)OC(C)(C)C)C(=O)N2C[C@@H]3OC(C)(C)C[C@@H]3[C@H]2C(=O)N1)c1ccccc1. The van der Waals surface area contributed by atoms with Gasteiger partial charge in [0.15, 0.2) is 0 Å². The number of alkyl carbamates (subject to hydrolysis) is 1. The predicted molar refractivity (Wildman–Crippen MR) is 208 cm³/mol. The van der Waals surface area contributed by atoms with Crippen LogP contribution in [0.15, 0.2) is 30.3 Å². The van der Waals surface area contributed by atoms with E-state index in [1.165, 1.54) is 9.80 Å². The van der Waals surface area contributed by atoms with Crippen LogP contribution in [-0.2, 0) is 38.2 Å². The van der Waals surface area contributed by atoms with Crippen molar-refractivity contribution < 1.29 is 43.0 Å². The Kier molecular flexibility index (Phi) is 15.4. The molecule has 6 amide bonds. The number of ketones is 1. The van der Waals surface area contributed by atoms with Gasteiger partial charge in [0.1, 0.15) is 23.7 Å². The number of carbonyl (C=O) groups is 7. The number of nitrogens with one attached hydrogen (secondary N) is 4. The van der Waals surface area contributed by atoms with Crippen molar-refractivity contribution >= 4 is 41.4 Å². The molecule has 1 aromatic carbocycles. The second-order valence-electron chi connectivity index (χ2n) is 17.1. The van der Waals surface area contributed by atoms with Gasteiger partial charge in [-0.3, -0.25) is 28.8 Å². The molecule has 3 aliphatic heterocycles. The summed E-state index contributed by atoms with van der Waals surface area (Å²) < 4.78 is 11.8. The molecule has 4 rings (SSSR count). The summed E-state index contributed by atoms with van der Waals surface area (Å²) in [5, 5.41) is 10.6. The van der Waals surface area contributed by atoms with E-state index in [9.17, 15) is 33.6 Å². The van der Waals surface area contributed by atoms with Gasteiger partial charge in [0.2, 0.25) is 29.4 Å². The number of benzene rings is 1. The minimum Gasteiger partial charge on any atom is -0.444 e. The third-order valence-electron chi connectivity index (χ3n) is 10.5. The molecule has 3 saturated heterocycles. The van der Waals surface area contributed by atoms with Gasteiger partial charge >= 0.3 is 6.09 Å². The van der Waals surface area contributed by atoms with Crippen molar-refractivity contribution in [3.63, 3.8) is 0 Å². The largest absolute Gasteiger partial charge is 0.444 e. The fraction of sp³-hybridized carbons (Fsp3) is 0.683. The second-order valence-corrected chi connectivity index (χ2v) is 17.1. The molecule has 6 atom stereocenters. The molecule has 56 heavy (non-hydrogen) atoms. The zero-order valence-corrected chi connectivity index (χ0v) is 34.1. The quantitative estimate of drug-likeness (QED) is 0.287. The van der Waals surface area contributed by atoms with E-state index in [1.54, 1.807) is 65.2 Å². The van der Waals surface area contributed by atoms with Gasteiger partial charge in [-0.1, -0.05) is 81.7 Å². The van der Waals surface area contributed by atoms with Crippen LogP contribution < -0.4 is 21.3 Å². The fourth-order valence-electron chi connectivity index (χ4n) is 7.83. The number of Topliss-reactive ketones (excluding diaryl/α,β-unsaturated/α-hetero) is 1. The summed E-state index contributed by atoms with van der Waals surface area (Å²) in [6.45, 7) is 8.59. The molecule has 0 aromatic heterocycles. The lowest BCUT2D eigenvalue weighted by molar-refractivity contribution is -0.144. The van der Waals surface area contributed by atoms with E-state index in [2.05, 4.69) is 21.3 Å². The van der Waals surface area contributed by atoms with E-state index in [1.807, 2.05) is 13.8 Å². The summed E-state index contributed by atoms with van der Waals surface area (Å²) in [5.74, 6) is -4.47. The van der Waals surface area contributed by atoms with Gasteiger partial charge < -0.3 is 40.5 Å². The first-order valence-electron chi connectivity index (χ1n) is 20.0. The van der Waals surface area contributed by atoms with Crippen molar-refractivity contribution in [2.75, 3.05) is 27.2 Å². The third-order valence-corrected chi connectivity index (χ3v) is 10.5. The number of nitrogens with zero attached hydrogens (tertiary/aromatic N) is 2. The zero-order chi connectivity index (χ0) is 41.2. The molecule has 3 aliphatic rings. The Morgan fingerprint density at radius 1 is 0.946 bits per heavy atom. The third kappa shape index (κ3) is 12.5. The number of ether oxygens (including phenoxy) is 2. The molecule has 15 nitrogen and oxygen atoms in total. The molecule has 3 fully saturated rings. The van der Waals surface area contributed by atoms with Crippen LogP contribution >= 0.6 is 0 Å². The van der Waals surface area contributed by atoms with Crippen LogP contribution in [-0.4, -0.2) is 114 Å². The number of likely N-dealkylation sites (N-methyl/N-ethyl adjacent to an activating group) is 1. The standard InChI is InChI=1S/C41H62N6O9/c1-40(2,3)56-39(54)44-29-22-18-13-11-9-8-10-12-17-21-28(43-35(50)33-27-23-41(4,5)55-30(27)25-47(33)37(29)52)34(49)36(51)42-24-31(48)45-32(38(53)46(6)7)26-19-15-14-16-20-26/h14-16,19-20,27-30,32-33H,8-13,17-18,21-25H2,1-7H3,(H,42,51)(H,43,50)(H,44,54)(H,45,48)/t27-,28?,29?,30-,32?,33-/m0/s1. The Morgan fingerprint density at radius 2 is 1.55 bits per heavy atom. The molecule has 0 saturated carbocycles. The number of hydrogen-bond donors (Lipinski definition) is 4. The first-order valence-corrected chi connectivity index (χ1v) is 20.0. The molecule has 3 heterocycles. The molecule has 0 aliphatic carbocycles. The summed E-state index contributed by atoms with van der Waals surface area (Å²) in [5.41, 5.74) is -0.793. The van der Waals surface area contributed by atoms with Crippen LogP contribution in [0.2, 0.25) is 0 Å². The Hall–Kier alpha value is -4.53. The molecule has 0 spiro atoms. The topological polar surface area (TPSA) is 193 Å². The van der Waals surface area contributed by atoms with E-state index in [4.69, 9.17) is 9.47 Å². The lowest BCUT2D eigenvalue weighted by atomic mass is 9.89.